The first-order valence-corrected chi connectivity index (χ1v) is 10.1. The van der Waals surface area contributed by atoms with Gasteiger partial charge in [0.15, 0.2) is 5.79 Å². The Morgan fingerprint density at radius 2 is 1.60 bits per heavy atom. The van der Waals surface area contributed by atoms with Gasteiger partial charge in [-0.1, -0.05) is 66.2 Å². The van der Waals surface area contributed by atoms with E-state index in [2.05, 4.69) is 4.98 Å². The molecule has 0 radical (unpaired) electrons. The minimum absolute atomic E-state index is 0.119. The summed E-state index contributed by atoms with van der Waals surface area (Å²) in [7, 11) is 0. The van der Waals surface area contributed by atoms with Gasteiger partial charge in [0.05, 0.1) is 16.7 Å². The molecule has 0 saturated heterocycles. The molecular formula is C24H20ClN3O2. The maximum atomic E-state index is 9.68. The van der Waals surface area contributed by atoms with Crippen LogP contribution in [-0.2, 0) is 5.54 Å². The second-order valence-corrected chi connectivity index (χ2v) is 8.35. The summed E-state index contributed by atoms with van der Waals surface area (Å²) < 4.78 is 0. The van der Waals surface area contributed by atoms with Gasteiger partial charge in [0.1, 0.15) is 5.15 Å². The number of halogens is 1. The van der Waals surface area contributed by atoms with Crippen LogP contribution in [0, 0.1) is 0 Å². The molecule has 6 heteroatoms. The molecule has 1 fully saturated rings. The van der Waals surface area contributed by atoms with Crippen molar-refractivity contribution in [3.63, 3.8) is 0 Å². The Bertz CT molecular complexity index is 1230. The van der Waals surface area contributed by atoms with Crippen LogP contribution in [0.4, 0.5) is 0 Å². The second kappa shape index (κ2) is 6.86. The molecule has 0 amide bonds. The van der Waals surface area contributed by atoms with Crippen molar-refractivity contribution in [3.05, 3.63) is 83.6 Å². The molecule has 0 spiro atoms. The van der Waals surface area contributed by atoms with Crippen LogP contribution < -0.4 is 5.73 Å². The van der Waals surface area contributed by atoms with Crippen LogP contribution in [0.25, 0.3) is 33.3 Å². The fourth-order valence-electron chi connectivity index (χ4n) is 4.24. The third-order valence-corrected chi connectivity index (χ3v) is 6.01. The van der Waals surface area contributed by atoms with Crippen LogP contribution in [0.2, 0.25) is 5.15 Å². The molecule has 5 rings (SSSR count). The Morgan fingerprint density at radius 3 is 2.27 bits per heavy atom. The van der Waals surface area contributed by atoms with E-state index in [1.54, 1.807) is 6.20 Å². The Labute approximate surface area is 178 Å². The highest BCUT2D eigenvalue weighted by Crippen LogP contribution is 2.45. The summed E-state index contributed by atoms with van der Waals surface area (Å²) in [6.45, 7) is 0. The molecule has 0 atom stereocenters. The highest BCUT2D eigenvalue weighted by atomic mass is 35.5. The lowest BCUT2D eigenvalue weighted by molar-refractivity contribution is -0.244. The van der Waals surface area contributed by atoms with Gasteiger partial charge in [-0.25, -0.2) is 9.97 Å². The van der Waals surface area contributed by atoms with Crippen LogP contribution in [0.3, 0.4) is 0 Å². The number of nitrogens with zero attached hydrogens (tertiary/aromatic N) is 2. The lowest BCUT2D eigenvalue weighted by atomic mass is 9.68. The number of benzene rings is 2. The molecular weight excluding hydrogens is 398 g/mol. The molecule has 0 bridgehead atoms. The van der Waals surface area contributed by atoms with Crippen molar-refractivity contribution >= 4 is 22.5 Å². The zero-order valence-electron chi connectivity index (χ0n) is 16.1. The number of aromatic nitrogens is 2. The van der Waals surface area contributed by atoms with Crippen molar-refractivity contribution < 1.29 is 10.2 Å². The predicted octanol–water partition coefficient (Wildman–Crippen LogP) is 4.25. The minimum atomic E-state index is -1.68. The topological polar surface area (TPSA) is 92.3 Å². The quantitative estimate of drug-likeness (QED) is 0.342. The van der Waals surface area contributed by atoms with E-state index >= 15 is 0 Å². The fraction of sp³-hybridized carbons (Fsp3) is 0.167. The van der Waals surface area contributed by atoms with E-state index in [9.17, 15) is 10.2 Å². The SMILES string of the molecule is NC1(c2ccc(-c3nc4ccnc(Cl)c4cc3-c3ccccc3)cc2)CC(O)(O)C1. The van der Waals surface area contributed by atoms with Crippen molar-refractivity contribution in [3.8, 4) is 22.4 Å². The molecule has 2 aromatic heterocycles. The maximum Gasteiger partial charge on any atom is 0.166 e. The Morgan fingerprint density at radius 1 is 0.900 bits per heavy atom. The molecule has 4 N–H and O–H groups in total. The molecule has 0 unspecified atom stereocenters. The third-order valence-electron chi connectivity index (χ3n) is 5.71. The molecule has 1 saturated carbocycles. The van der Waals surface area contributed by atoms with Crippen molar-refractivity contribution in [1.82, 2.24) is 9.97 Å². The summed E-state index contributed by atoms with van der Waals surface area (Å²) in [5, 5.41) is 20.6. The molecule has 1 aliphatic carbocycles. The first-order valence-electron chi connectivity index (χ1n) is 9.70. The predicted molar refractivity (Wildman–Crippen MR) is 118 cm³/mol. The van der Waals surface area contributed by atoms with Crippen LogP contribution in [0.1, 0.15) is 18.4 Å². The van der Waals surface area contributed by atoms with E-state index in [1.165, 1.54) is 0 Å². The lowest BCUT2D eigenvalue weighted by Crippen LogP contribution is -2.59. The summed E-state index contributed by atoms with van der Waals surface area (Å²) in [6.07, 6.45) is 1.89. The number of nitrogens with two attached hydrogens (primary N) is 1. The number of aliphatic hydroxyl groups is 2. The second-order valence-electron chi connectivity index (χ2n) is 7.99. The van der Waals surface area contributed by atoms with Gasteiger partial charge < -0.3 is 15.9 Å². The third kappa shape index (κ3) is 3.26. The molecule has 150 valence electrons. The van der Waals surface area contributed by atoms with Gasteiger partial charge in [-0.15, -0.1) is 0 Å². The first kappa shape index (κ1) is 19.2. The van der Waals surface area contributed by atoms with E-state index in [4.69, 9.17) is 22.3 Å². The van der Waals surface area contributed by atoms with Gasteiger partial charge in [-0.3, -0.25) is 0 Å². The van der Waals surface area contributed by atoms with Crippen LogP contribution in [0.15, 0.2) is 72.9 Å². The highest BCUT2D eigenvalue weighted by molar-refractivity contribution is 6.34. The summed E-state index contributed by atoms with van der Waals surface area (Å²) >= 11 is 6.33. The number of pyridine rings is 2. The smallest absolute Gasteiger partial charge is 0.166 e. The Balaban J connectivity index is 1.63. The summed E-state index contributed by atoms with van der Waals surface area (Å²) in [6, 6.07) is 21.7. The monoisotopic (exact) mass is 417 g/mol. The number of rotatable bonds is 3. The minimum Gasteiger partial charge on any atom is -0.365 e. The van der Waals surface area contributed by atoms with Crippen LogP contribution in [-0.4, -0.2) is 26.0 Å². The molecule has 2 heterocycles. The van der Waals surface area contributed by atoms with Gasteiger partial charge >= 0.3 is 0 Å². The normalized spacial score (nSPS) is 16.9. The average Bonchev–Trinajstić information content (AvgIpc) is 2.72. The van der Waals surface area contributed by atoms with Crippen molar-refractivity contribution in [2.75, 3.05) is 0 Å². The summed E-state index contributed by atoms with van der Waals surface area (Å²) in [4.78, 5) is 9.08. The fourth-order valence-corrected chi connectivity index (χ4v) is 4.45. The van der Waals surface area contributed by atoms with E-state index in [-0.39, 0.29) is 12.8 Å². The van der Waals surface area contributed by atoms with E-state index in [0.717, 1.165) is 38.9 Å². The summed E-state index contributed by atoms with van der Waals surface area (Å²) in [5.74, 6) is -1.68. The van der Waals surface area contributed by atoms with Gasteiger partial charge in [0.25, 0.3) is 0 Å². The van der Waals surface area contributed by atoms with Crippen LogP contribution in [0.5, 0.6) is 0 Å². The van der Waals surface area contributed by atoms with Crippen LogP contribution >= 0.6 is 11.6 Å². The van der Waals surface area contributed by atoms with Crippen molar-refractivity contribution in [2.24, 2.45) is 5.73 Å². The highest BCUT2D eigenvalue weighted by Gasteiger charge is 2.51. The number of hydrogen-bond acceptors (Lipinski definition) is 5. The first-order chi connectivity index (χ1) is 14.3. The molecule has 4 aromatic rings. The molecule has 5 nitrogen and oxygen atoms in total. The Kier molecular flexibility index (Phi) is 4.38. The largest absolute Gasteiger partial charge is 0.365 e. The zero-order chi connectivity index (χ0) is 20.9. The standard InChI is InChI=1S/C24H20ClN3O2/c25-22-19-12-18(15-4-2-1-3-5-15)21(28-20(19)10-11-27-22)16-6-8-17(9-7-16)23(26)13-24(29,30)14-23/h1-12,29-30H,13-14,26H2. The Hall–Kier alpha value is -2.83. The van der Waals surface area contributed by atoms with E-state index in [1.807, 2.05) is 66.7 Å². The van der Waals surface area contributed by atoms with Crippen molar-refractivity contribution in [2.45, 2.75) is 24.2 Å². The molecule has 1 aliphatic rings. The van der Waals surface area contributed by atoms with Gasteiger partial charge in [0.2, 0.25) is 0 Å². The average molecular weight is 418 g/mol. The van der Waals surface area contributed by atoms with E-state index < -0.39 is 11.3 Å². The van der Waals surface area contributed by atoms with E-state index in [0.29, 0.717) is 5.15 Å². The molecule has 30 heavy (non-hydrogen) atoms. The number of hydrogen-bond donors (Lipinski definition) is 3. The summed E-state index contributed by atoms with van der Waals surface area (Å²) in [5.41, 5.74) is 11.0. The maximum absolute atomic E-state index is 9.68. The van der Waals surface area contributed by atoms with Crippen molar-refractivity contribution in [1.29, 1.82) is 0 Å². The van der Waals surface area contributed by atoms with Gasteiger partial charge in [0, 0.05) is 35.6 Å². The zero-order valence-corrected chi connectivity index (χ0v) is 16.8. The van der Waals surface area contributed by atoms with Gasteiger partial charge in [-0.05, 0) is 23.3 Å². The molecule has 0 aliphatic heterocycles. The number of fused-ring (bicyclic) bond motifs is 1. The lowest BCUT2D eigenvalue weighted by Gasteiger charge is -2.48. The van der Waals surface area contributed by atoms with Gasteiger partial charge in [-0.2, -0.15) is 0 Å². The molecule has 2 aromatic carbocycles.